The summed E-state index contributed by atoms with van der Waals surface area (Å²) in [5, 5.41) is 19.9. The van der Waals surface area contributed by atoms with Crippen LogP contribution in [0, 0.1) is 11.3 Å². The van der Waals surface area contributed by atoms with Gasteiger partial charge >= 0.3 is 12.1 Å². The largest absolute Gasteiger partial charge is 0.490 e. The molecule has 1 heterocycles. The molecule has 1 unspecified atom stereocenters. The fraction of sp³-hybridized carbons (Fsp3) is 0.269. The summed E-state index contributed by atoms with van der Waals surface area (Å²) in [6, 6.07) is 20.1. The average molecular weight is 486 g/mol. The highest BCUT2D eigenvalue weighted by atomic mass is 19.4. The maximum Gasteiger partial charge on any atom is 0.490 e. The number of nitrogens with one attached hydrogen (secondary N) is 1. The number of halogens is 3. The number of benzene rings is 2. The van der Waals surface area contributed by atoms with Gasteiger partial charge in [0, 0.05) is 30.5 Å². The number of carboxylic acid groups (broad SMARTS) is 1. The molecule has 6 nitrogen and oxygen atoms in total. The number of aliphatic carboxylic acids is 1. The third kappa shape index (κ3) is 8.76. The molecule has 9 heteroatoms. The highest BCUT2D eigenvalue weighted by Crippen LogP contribution is 2.20. The zero-order chi connectivity index (χ0) is 25.8. The summed E-state index contributed by atoms with van der Waals surface area (Å²) in [5.74, 6) is -1.95. The van der Waals surface area contributed by atoms with E-state index in [1.807, 2.05) is 54.9 Å². The summed E-state index contributed by atoms with van der Waals surface area (Å²) in [7, 11) is 0. The van der Waals surface area contributed by atoms with Crippen LogP contribution in [-0.2, 0) is 24.4 Å². The fourth-order valence-electron chi connectivity index (χ4n) is 3.20. The van der Waals surface area contributed by atoms with Gasteiger partial charge in [-0.1, -0.05) is 37.3 Å². The van der Waals surface area contributed by atoms with E-state index < -0.39 is 12.1 Å². The maximum atomic E-state index is 10.6. The first kappa shape index (κ1) is 27.3. The van der Waals surface area contributed by atoms with Crippen molar-refractivity contribution in [3.63, 3.8) is 0 Å². The predicted molar refractivity (Wildman–Crippen MR) is 124 cm³/mol. The molecule has 1 atom stereocenters. The molecule has 0 spiro atoms. The number of aromatic nitrogens is 1. The zero-order valence-corrected chi connectivity index (χ0v) is 19.3. The second kappa shape index (κ2) is 13.1. The highest BCUT2D eigenvalue weighted by Gasteiger charge is 2.38. The lowest BCUT2D eigenvalue weighted by Crippen LogP contribution is -2.21. The van der Waals surface area contributed by atoms with Gasteiger partial charge < -0.3 is 15.2 Å². The van der Waals surface area contributed by atoms with Crippen molar-refractivity contribution < 1.29 is 27.8 Å². The number of alkyl halides is 3. The minimum atomic E-state index is -5.08. The second-order valence-electron chi connectivity index (χ2n) is 7.54. The number of ether oxygens (including phenoxy) is 1. The number of nitrogens with zero attached hydrogens (tertiary/aromatic N) is 2. The first-order chi connectivity index (χ1) is 16.7. The van der Waals surface area contributed by atoms with Crippen LogP contribution in [0.1, 0.15) is 47.7 Å². The Kier molecular flexibility index (Phi) is 10.2. The van der Waals surface area contributed by atoms with Gasteiger partial charge in [0.1, 0.15) is 12.4 Å². The van der Waals surface area contributed by atoms with Crippen LogP contribution in [0.5, 0.6) is 5.75 Å². The highest BCUT2D eigenvalue weighted by molar-refractivity contribution is 5.73. The van der Waals surface area contributed by atoms with Crippen molar-refractivity contribution in [3.05, 3.63) is 94.8 Å². The smallest absolute Gasteiger partial charge is 0.489 e. The van der Waals surface area contributed by atoms with Gasteiger partial charge in [0.05, 0.1) is 11.6 Å². The lowest BCUT2D eigenvalue weighted by molar-refractivity contribution is -0.192. The molecule has 35 heavy (non-hydrogen) atoms. The van der Waals surface area contributed by atoms with E-state index in [1.165, 1.54) is 11.1 Å². The van der Waals surface area contributed by atoms with E-state index in [-0.39, 0.29) is 6.04 Å². The first-order valence-corrected chi connectivity index (χ1v) is 10.8. The van der Waals surface area contributed by atoms with Crippen LogP contribution in [0.2, 0.25) is 0 Å². The van der Waals surface area contributed by atoms with Gasteiger partial charge in [0.25, 0.3) is 0 Å². The van der Waals surface area contributed by atoms with Crippen LogP contribution in [-0.4, -0.2) is 22.2 Å². The minimum Gasteiger partial charge on any atom is -0.489 e. The molecular formula is C26H26F3N3O3. The molecule has 0 aliphatic rings. The molecular weight excluding hydrogens is 459 g/mol. The average Bonchev–Trinajstić information content (AvgIpc) is 2.86. The van der Waals surface area contributed by atoms with E-state index >= 15 is 0 Å². The van der Waals surface area contributed by atoms with Crippen LogP contribution in [0.3, 0.4) is 0 Å². The Morgan fingerprint density at radius 1 is 1.17 bits per heavy atom. The quantitative estimate of drug-likeness (QED) is 0.433. The Morgan fingerprint density at radius 2 is 1.89 bits per heavy atom. The van der Waals surface area contributed by atoms with Crippen LogP contribution in [0.15, 0.2) is 67.0 Å². The Bertz CT molecular complexity index is 1160. The van der Waals surface area contributed by atoms with Crippen molar-refractivity contribution in [2.24, 2.45) is 0 Å². The van der Waals surface area contributed by atoms with Crippen molar-refractivity contribution in [2.45, 2.75) is 45.6 Å². The van der Waals surface area contributed by atoms with Crippen LogP contribution in [0.4, 0.5) is 13.2 Å². The Balaban J connectivity index is 0.000000540. The van der Waals surface area contributed by atoms with Crippen molar-refractivity contribution >= 4 is 5.97 Å². The molecule has 0 aliphatic carbocycles. The number of hydrogen-bond donors (Lipinski definition) is 2. The molecule has 3 rings (SSSR count). The number of rotatable bonds is 8. The Labute approximate surface area is 202 Å². The van der Waals surface area contributed by atoms with Crippen molar-refractivity contribution in [1.82, 2.24) is 10.3 Å². The number of carboxylic acids is 1. The molecule has 0 radical (unpaired) electrons. The van der Waals surface area contributed by atoms with Gasteiger partial charge in [-0.05, 0) is 54.3 Å². The molecule has 0 bridgehead atoms. The van der Waals surface area contributed by atoms with Crippen LogP contribution >= 0.6 is 0 Å². The third-order valence-electron chi connectivity index (χ3n) is 5.07. The lowest BCUT2D eigenvalue weighted by atomic mass is 10.0. The monoisotopic (exact) mass is 485 g/mol. The van der Waals surface area contributed by atoms with Gasteiger partial charge in [-0.2, -0.15) is 18.4 Å². The molecule has 2 N–H and O–H groups in total. The fourth-order valence-corrected chi connectivity index (χ4v) is 3.20. The summed E-state index contributed by atoms with van der Waals surface area (Å²) >= 11 is 0. The standard InChI is InChI=1S/C24H25N3O.C2HF3O2/c1-3-20-16-26-12-11-24(20)18(2)27-15-19-7-6-10-23(13-19)28-17-22-9-5-4-8-21(22)14-25;3-2(4,5)1(6)7/h4-13,16,18,27H,3,15,17H2,1-2H3;(H,6,7). The lowest BCUT2D eigenvalue weighted by Gasteiger charge is -2.17. The topological polar surface area (TPSA) is 95.2 Å². The van der Waals surface area contributed by atoms with Gasteiger partial charge in [0.2, 0.25) is 0 Å². The van der Waals surface area contributed by atoms with Gasteiger partial charge in [-0.25, -0.2) is 4.79 Å². The van der Waals surface area contributed by atoms with Gasteiger partial charge in [0.15, 0.2) is 0 Å². The number of hydrogen-bond acceptors (Lipinski definition) is 5. The van der Waals surface area contributed by atoms with Crippen molar-refractivity contribution in [3.8, 4) is 11.8 Å². The number of aryl methyl sites for hydroxylation is 1. The SMILES string of the molecule is CCc1cnccc1C(C)NCc1cccc(OCc2ccccc2C#N)c1.O=C(O)C(F)(F)F. The van der Waals surface area contributed by atoms with E-state index in [9.17, 15) is 18.4 Å². The molecule has 0 amide bonds. The summed E-state index contributed by atoms with van der Waals surface area (Å²) in [5.41, 5.74) is 5.27. The second-order valence-corrected chi connectivity index (χ2v) is 7.54. The summed E-state index contributed by atoms with van der Waals surface area (Å²) in [6.07, 6.45) is -0.316. The minimum absolute atomic E-state index is 0.241. The number of nitriles is 1. The van der Waals surface area contributed by atoms with Crippen molar-refractivity contribution in [1.29, 1.82) is 5.26 Å². The molecule has 0 saturated carbocycles. The summed E-state index contributed by atoms with van der Waals surface area (Å²) in [4.78, 5) is 13.1. The van der Waals surface area contributed by atoms with E-state index in [2.05, 4.69) is 42.4 Å². The molecule has 0 aliphatic heterocycles. The van der Waals surface area contributed by atoms with E-state index in [1.54, 1.807) is 0 Å². The molecule has 0 saturated heterocycles. The third-order valence-corrected chi connectivity index (χ3v) is 5.07. The predicted octanol–water partition coefficient (Wildman–Crippen LogP) is 5.58. The number of carbonyl (C=O) groups is 1. The zero-order valence-electron chi connectivity index (χ0n) is 19.3. The van der Waals surface area contributed by atoms with Gasteiger partial charge in [-0.3, -0.25) is 4.98 Å². The molecule has 184 valence electrons. The van der Waals surface area contributed by atoms with Gasteiger partial charge in [-0.15, -0.1) is 0 Å². The molecule has 2 aromatic carbocycles. The van der Waals surface area contributed by atoms with E-state index in [0.29, 0.717) is 12.2 Å². The maximum absolute atomic E-state index is 10.6. The summed E-state index contributed by atoms with van der Waals surface area (Å²) < 4.78 is 37.7. The summed E-state index contributed by atoms with van der Waals surface area (Å²) in [6.45, 7) is 5.46. The molecule has 3 aromatic rings. The van der Waals surface area contributed by atoms with Crippen molar-refractivity contribution in [2.75, 3.05) is 0 Å². The molecule has 1 aromatic heterocycles. The normalized spacial score (nSPS) is 11.5. The van der Waals surface area contributed by atoms with E-state index in [4.69, 9.17) is 14.6 Å². The number of pyridine rings is 1. The Hall–Kier alpha value is -3.90. The van der Waals surface area contributed by atoms with E-state index in [0.717, 1.165) is 29.8 Å². The first-order valence-electron chi connectivity index (χ1n) is 10.8. The Morgan fingerprint density at radius 3 is 2.54 bits per heavy atom. The van der Waals surface area contributed by atoms with Crippen LogP contribution in [0.25, 0.3) is 0 Å². The van der Waals surface area contributed by atoms with Crippen LogP contribution < -0.4 is 10.1 Å². The molecule has 0 fully saturated rings.